The van der Waals surface area contributed by atoms with Crippen LogP contribution in [-0.4, -0.2) is 42.0 Å². The van der Waals surface area contributed by atoms with Crippen LogP contribution in [0.3, 0.4) is 0 Å². The van der Waals surface area contributed by atoms with E-state index in [-0.39, 0.29) is 17.2 Å². The topological polar surface area (TPSA) is 126 Å². The van der Waals surface area contributed by atoms with Gasteiger partial charge in [-0.1, -0.05) is 13.8 Å². The number of esters is 1. The fraction of sp³-hybridized carbons (Fsp3) is 0.526. The summed E-state index contributed by atoms with van der Waals surface area (Å²) >= 11 is 0. The number of rotatable bonds is 7. The fourth-order valence-corrected chi connectivity index (χ4v) is 2.86. The number of benzene rings is 1. The summed E-state index contributed by atoms with van der Waals surface area (Å²) in [6.07, 6.45) is 1.93. The highest BCUT2D eigenvalue weighted by molar-refractivity contribution is 5.93. The maximum Gasteiger partial charge on any atom is 0.338 e. The zero-order valence-corrected chi connectivity index (χ0v) is 16.2. The van der Waals surface area contributed by atoms with Crippen molar-refractivity contribution in [2.75, 3.05) is 24.6 Å². The van der Waals surface area contributed by atoms with E-state index in [9.17, 15) is 25.0 Å². The second-order valence-corrected chi connectivity index (χ2v) is 7.25. The molecule has 1 aromatic rings. The Labute approximate surface area is 163 Å². The summed E-state index contributed by atoms with van der Waals surface area (Å²) < 4.78 is 4.96. The highest BCUT2D eigenvalue weighted by Crippen LogP contribution is 2.31. The maximum absolute atomic E-state index is 12.2. The standard InChI is InChI=1S/C19H24N4O5/c1-13(2)19(3,12-20)21-17(24)11-28-18(25)14-6-7-15(16(10-14)23(26)27)22-8-4-5-9-22/h6-7,10,13H,4-5,8-9,11H2,1-3H3,(H,21,24)/t19-/m0/s1. The van der Waals surface area contributed by atoms with Crippen LogP contribution < -0.4 is 10.2 Å². The normalized spacial score (nSPS) is 15.6. The molecule has 2 rings (SSSR count). The fourth-order valence-electron chi connectivity index (χ4n) is 2.86. The van der Waals surface area contributed by atoms with Gasteiger partial charge in [-0.05, 0) is 37.8 Å². The zero-order chi connectivity index (χ0) is 20.9. The van der Waals surface area contributed by atoms with Gasteiger partial charge in [0.15, 0.2) is 6.61 Å². The molecule has 0 saturated carbocycles. The molecule has 1 aliphatic rings. The van der Waals surface area contributed by atoms with Crippen molar-refractivity contribution in [2.24, 2.45) is 5.92 Å². The number of amides is 1. The first-order valence-electron chi connectivity index (χ1n) is 9.10. The Morgan fingerprint density at radius 1 is 1.39 bits per heavy atom. The molecule has 9 nitrogen and oxygen atoms in total. The van der Waals surface area contributed by atoms with E-state index in [1.165, 1.54) is 18.2 Å². The lowest BCUT2D eigenvalue weighted by molar-refractivity contribution is -0.384. The third kappa shape index (κ3) is 4.76. The first-order chi connectivity index (χ1) is 13.2. The molecular weight excluding hydrogens is 364 g/mol. The largest absolute Gasteiger partial charge is 0.452 e. The number of carbonyl (C=O) groups excluding carboxylic acids is 2. The minimum Gasteiger partial charge on any atom is -0.452 e. The lowest BCUT2D eigenvalue weighted by Gasteiger charge is -2.27. The molecule has 1 aromatic carbocycles. The van der Waals surface area contributed by atoms with Crippen LogP contribution in [0.25, 0.3) is 0 Å². The number of nitrogens with zero attached hydrogens (tertiary/aromatic N) is 3. The van der Waals surface area contributed by atoms with Gasteiger partial charge in [0, 0.05) is 19.2 Å². The number of carbonyl (C=O) groups is 2. The number of nitro benzene ring substituents is 1. The Bertz CT molecular complexity index is 811. The van der Waals surface area contributed by atoms with Crippen molar-refractivity contribution >= 4 is 23.3 Å². The van der Waals surface area contributed by atoms with Crippen molar-refractivity contribution in [1.29, 1.82) is 5.26 Å². The van der Waals surface area contributed by atoms with E-state index in [1.807, 2.05) is 11.0 Å². The van der Waals surface area contributed by atoms with E-state index in [4.69, 9.17) is 4.74 Å². The number of nitrogens with one attached hydrogen (secondary N) is 1. The van der Waals surface area contributed by atoms with Crippen molar-refractivity contribution in [1.82, 2.24) is 5.32 Å². The molecule has 0 aromatic heterocycles. The Morgan fingerprint density at radius 3 is 2.57 bits per heavy atom. The number of anilines is 1. The molecule has 0 unspecified atom stereocenters. The summed E-state index contributed by atoms with van der Waals surface area (Å²) in [5.74, 6) is -1.60. The quantitative estimate of drug-likeness (QED) is 0.432. The van der Waals surface area contributed by atoms with Crippen molar-refractivity contribution in [3.63, 3.8) is 0 Å². The highest BCUT2D eigenvalue weighted by Gasteiger charge is 2.30. The average Bonchev–Trinajstić information content (AvgIpc) is 3.19. The molecule has 28 heavy (non-hydrogen) atoms. The van der Waals surface area contributed by atoms with Gasteiger partial charge in [-0.25, -0.2) is 4.79 Å². The molecule has 1 N–H and O–H groups in total. The highest BCUT2D eigenvalue weighted by atomic mass is 16.6. The Hall–Kier alpha value is -3.15. The molecule has 0 radical (unpaired) electrons. The number of hydrogen-bond donors (Lipinski definition) is 1. The van der Waals surface area contributed by atoms with Gasteiger partial charge in [0.05, 0.1) is 16.6 Å². The van der Waals surface area contributed by atoms with Crippen molar-refractivity contribution < 1.29 is 19.2 Å². The summed E-state index contributed by atoms with van der Waals surface area (Å²) in [6.45, 7) is 6.05. The molecule has 0 aliphatic carbocycles. The molecule has 1 aliphatic heterocycles. The van der Waals surface area contributed by atoms with Crippen LogP contribution in [-0.2, 0) is 9.53 Å². The van der Waals surface area contributed by atoms with Gasteiger partial charge in [-0.15, -0.1) is 0 Å². The Morgan fingerprint density at radius 2 is 2.04 bits per heavy atom. The summed E-state index contributed by atoms with van der Waals surface area (Å²) in [5.41, 5.74) is -0.787. The van der Waals surface area contributed by atoms with Gasteiger partial charge in [0.2, 0.25) is 0 Å². The van der Waals surface area contributed by atoms with E-state index in [2.05, 4.69) is 5.32 Å². The van der Waals surface area contributed by atoms with Crippen LogP contribution in [0.5, 0.6) is 0 Å². The van der Waals surface area contributed by atoms with Crippen molar-refractivity contribution in [3.05, 3.63) is 33.9 Å². The maximum atomic E-state index is 12.2. The van der Waals surface area contributed by atoms with Gasteiger partial charge in [-0.3, -0.25) is 14.9 Å². The second kappa shape index (κ2) is 8.69. The smallest absolute Gasteiger partial charge is 0.338 e. The van der Waals surface area contributed by atoms with Crippen LogP contribution in [0.15, 0.2) is 18.2 Å². The van der Waals surface area contributed by atoms with Crippen LogP contribution in [0.2, 0.25) is 0 Å². The minimum absolute atomic E-state index is 0.00523. The summed E-state index contributed by atoms with van der Waals surface area (Å²) in [7, 11) is 0. The first-order valence-corrected chi connectivity index (χ1v) is 9.10. The number of nitriles is 1. The summed E-state index contributed by atoms with van der Waals surface area (Å²) in [4.78, 5) is 37.0. The third-order valence-electron chi connectivity index (χ3n) is 4.97. The summed E-state index contributed by atoms with van der Waals surface area (Å²) in [6, 6.07) is 6.18. The molecule has 1 saturated heterocycles. The lowest BCUT2D eigenvalue weighted by atomic mass is 9.90. The third-order valence-corrected chi connectivity index (χ3v) is 4.97. The van der Waals surface area contributed by atoms with Gasteiger partial charge in [0.1, 0.15) is 11.2 Å². The van der Waals surface area contributed by atoms with Crippen molar-refractivity contribution in [3.8, 4) is 6.07 Å². The van der Waals surface area contributed by atoms with Crippen LogP contribution >= 0.6 is 0 Å². The molecule has 1 fully saturated rings. The first kappa shape index (κ1) is 21.2. The average molecular weight is 388 g/mol. The number of ether oxygens (including phenoxy) is 1. The van der Waals surface area contributed by atoms with E-state index in [1.54, 1.807) is 20.8 Å². The van der Waals surface area contributed by atoms with E-state index in [0.717, 1.165) is 25.9 Å². The van der Waals surface area contributed by atoms with Crippen LogP contribution in [0, 0.1) is 27.4 Å². The monoisotopic (exact) mass is 388 g/mol. The molecule has 1 atom stereocenters. The van der Waals surface area contributed by atoms with Crippen LogP contribution in [0.1, 0.15) is 44.0 Å². The molecule has 150 valence electrons. The number of nitro groups is 1. The zero-order valence-electron chi connectivity index (χ0n) is 16.2. The molecule has 9 heteroatoms. The van der Waals surface area contributed by atoms with E-state index < -0.39 is 28.9 Å². The van der Waals surface area contributed by atoms with Gasteiger partial charge >= 0.3 is 5.97 Å². The predicted octanol–water partition coefficient (Wildman–Crippen LogP) is 2.41. The Kier molecular flexibility index (Phi) is 6.57. The van der Waals surface area contributed by atoms with E-state index >= 15 is 0 Å². The minimum atomic E-state index is -1.08. The molecule has 0 bridgehead atoms. The molecule has 1 heterocycles. The molecular formula is C19H24N4O5. The van der Waals surface area contributed by atoms with Crippen LogP contribution in [0.4, 0.5) is 11.4 Å². The van der Waals surface area contributed by atoms with E-state index in [0.29, 0.717) is 5.69 Å². The predicted molar refractivity (Wildman–Crippen MR) is 102 cm³/mol. The van der Waals surface area contributed by atoms with Gasteiger partial charge < -0.3 is 15.0 Å². The second-order valence-electron chi connectivity index (χ2n) is 7.25. The van der Waals surface area contributed by atoms with Gasteiger partial charge in [0.25, 0.3) is 11.6 Å². The SMILES string of the molecule is CC(C)[C@](C)(C#N)NC(=O)COC(=O)c1ccc(N2CCCC2)c([N+](=O)[O-])c1. The molecule has 0 spiro atoms. The lowest BCUT2D eigenvalue weighted by Crippen LogP contribution is -2.50. The summed E-state index contributed by atoms with van der Waals surface area (Å²) in [5, 5.41) is 23.2. The molecule has 1 amide bonds. The van der Waals surface area contributed by atoms with Crippen molar-refractivity contribution in [2.45, 2.75) is 39.2 Å². The number of hydrogen-bond acceptors (Lipinski definition) is 7. The Balaban J connectivity index is 2.06. The van der Waals surface area contributed by atoms with Gasteiger partial charge in [-0.2, -0.15) is 5.26 Å².